The van der Waals surface area contributed by atoms with E-state index >= 15 is 0 Å². The van der Waals surface area contributed by atoms with Crippen LogP contribution in [0, 0.1) is 13.8 Å². The summed E-state index contributed by atoms with van der Waals surface area (Å²) in [5.41, 5.74) is 3.01. The average molecular weight is 413 g/mol. The predicted molar refractivity (Wildman–Crippen MR) is 115 cm³/mol. The minimum absolute atomic E-state index is 0.0578. The van der Waals surface area contributed by atoms with Gasteiger partial charge < -0.3 is 10.2 Å². The lowest BCUT2D eigenvalue weighted by Gasteiger charge is -2.47. The predicted octanol–water partition coefficient (Wildman–Crippen LogP) is 4.06. The number of amides is 1. The van der Waals surface area contributed by atoms with E-state index in [-0.39, 0.29) is 17.4 Å². The summed E-state index contributed by atoms with van der Waals surface area (Å²) < 4.78 is 0. The van der Waals surface area contributed by atoms with Gasteiger partial charge >= 0.3 is 0 Å². The van der Waals surface area contributed by atoms with Crippen molar-refractivity contribution in [2.75, 3.05) is 19.6 Å². The molecule has 1 N–H and O–H groups in total. The Bertz CT molecular complexity index is 871. The lowest BCUT2D eigenvalue weighted by atomic mass is 9.64. The maximum absolute atomic E-state index is 12.6. The normalized spacial score (nSPS) is 19.6. The van der Waals surface area contributed by atoms with Crippen molar-refractivity contribution >= 4 is 17.5 Å². The topological polar surface area (TPSA) is 58.1 Å². The summed E-state index contributed by atoms with van der Waals surface area (Å²) in [5, 5.41) is 3.98. The number of likely N-dealkylation sites (tertiary alicyclic amines) is 1. The number of aromatic nitrogens is 2. The molecule has 2 aliphatic rings. The first-order chi connectivity index (χ1) is 13.9. The van der Waals surface area contributed by atoms with Crippen LogP contribution in [0.2, 0.25) is 5.02 Å². The standard InChI is InChI=1S/C23H29ClN4O/c1-16-21(14-25-17(2)26-16)22(29)27-20-8-12-28(13-9-20)15-23(10-3-11-23)18-4-6-19(24)7-5-18/h4-7,14,20H,3,8-13,15H2,1-2H3,(H,27,29). The number of carbonyl (C=O) groups excluding carboxylic acids is 1. The summed E-state index contributed by atoms with van der Waals surface area (Å²) in [6.45, 7) is 6.83. The number of hydrogen-bond donors (Lipinski definition) is 1. The van der Waals surface area contributed by atoms with Crippen molar-refractivity contribution in [1.29, 1.82) is 0 Å². The first-order valence-corrected chi connectivity index (χ1v) is 10.9. The minimum Gasteiger partial charge on any atom is -0.349 e. The molecule has 0 radical (unpaired) electrons. The zero-order valence-electron chi connectivity index (χ0n) is 17.2. The fraction of sp³-hybridized carbons (Fsp3) is 0.522. The van der Waals surface area contributed by atoms with E-state index < -0.39 is 0 Å². The molecule has 0 spiro atoms. The Kier molecular flexibility index (Phi) is 5.88. The number of nitrogens with zero attached hydrogens (tertiary/aromatic N) is 3. The zero-order valence-corrected chi connectivity index (χ0v) is 18.0. The molecule has 2 fully saturated rings. The Balaban J connectivity index is 1.32. The van der Waals surface area contributed by atoms with Crippen molar-refractivity contribution in [2.24, 2.45) is 0 Å². The summed E-state index contributed by atoms with van der Waals surface area (Å²) in [6.07, 6.45) is 7.39. The SMILES string of the molecule is Cc1ncc(C(=O)NC2CCN(CC3(c4ccc(Cl)cc4)CCC3)CC2)c(C)n1. The molecule has 0 atom stereocenters. The van der Waals surface area contributed by atoms with Crippen LogP contribution in [-0.4, -0.2) is 46.5 Å². The molecule has 1 aromatic heterocycles. The Hall–Kier alpha value is -1.98. The highest BCUT2D eigenvalue weighted by Gasteiger charge is 2.40. The van der Waals surface area contributed by atoms with Crippen LogP contribution in [0.5, 0.6) is 0 Å². The Morgan fingerprint density at radius 1 is 1.21 bits per heavy atom. The quantitative estimate of drug-likeness (QED) is 0.804. The monoisotopic (exact) mass is 412 g/mol. The van der Waals surface area contributed by atoms with Gasteiger partial charge in [-0.15, -0.1) is 0 Å². The van der Waals surface area contributed by atoms with Crippen molar-refractivity contribution in [3.05, 3.63) is 58.1 Å². The van der Waals surface area contributed by atoms with Crippen LogP contribution in [0.15, 0.2) is 30.5 Å². The number of carbonyl (C=O) groups is 1. The minimum atomic E-state index is -0.0578. The third-order valence-electron chi connectivity index (χ3n) is 6.56. The molecule has 154 valence electrons. The fourth-order valence-corrected chi connectivity index (χ4v) is 4.80. The van der Waals surface area contributed by atoms with E-state index in [1.165, 1.54) is 24.8 Å². The molecule has 2 heterocycles. The Morgan fingerprint density at radius 3 is 2.48 bits per heavy atom. The van der Waals surface area contributed by atoms with E-state index in [1.54, 1.807) is 6.20 Å². The van der Waals surface area contributed by atoms with Crippen molar-refractivity contribution in [3.8, 4) is 0 Å². The van der Waals surface area contributed by atoms with E-state index in [1.807, 2.05) is 26.0 Å². The van der Waals surface area contributed by atoms with Crippen molar-refractivity contribution in [3.63, 3.8) is 0 Å². The summed E-state index contributed by atoms with van der Waals surface area (Å²) in [6, 6.07) is 8.62. The van der Waals surface area contributed by atoms with Gasteiger partial charge in [0.25, 0.3) is 5.91 Å². The second kappa shape index (κ2) is 8.41. The van der Waals surface area contributed by atoms with Gasteiger partial charge in [-0.1, -0.05) is 30.2 Å². The maximum atomic E-state index is 12.6. The van der Waals surface area contributed by atoms with Crippen LogP contribution in [0.4, 0.5) is 0 Å². The first kappa shape index (κ1) is 20.3. The number of nitrogens with one attached hydrogen (secondary N) is 1. The molecule has 1 amide bonds. The van der Waals surface area contributed by atoms with Gasteiger partial charge in [0.05, 0.1) is 11.3 Å². The second-order valence-corrected chi connectivity index (χ2v) is 9.02. The van der Waals surface area contributed by atoms with Gasteiger partial charge in [-0.05, 0) is 57.2 Å². The molecule has 1 aliphatic carbocycles. The second-order valence-electron chi connectivity index (χ2n) is 8.58. The van der Waals surface area contributed by atoms with Gasteiger partial charge in [0, 0.05) is 42.3 Å². The molecule has 1 aromatic carbocycles. The average Bonchev–Trinajstić information content (AvgIpc) is 2.67. The molecule has 0 unspecified atom stereocenters. The molecule has 5 nitrogen and oxygen atoms in total. The third kappa shape index (κ3) is 4.46. The summed E-state index contributed by atoms with van der Waals surface area (Å²) >= 11 is 6.08. The highest BCUT2D eigenvalue weighted by atomic mass is 35.5. The summed E-state index contributed by atoms with van der Waals surface area (Å²) in [5.74, 6) is 0.635. The van der Waals surface area contributed by atoms with Crippen LogP contribution in [-0.2, 0) is 5.41 Å². The first-order valence-electron chi connectivity index (χ1n) is 10.5. The molecular weight excluding hydrogens is 384 g/mol. The molecule has 1 saturated heterocycles. The van der Waals surface area contributed by atoms with E-state index in [4.69, 9.17) is 11.6 Å². The Morgan fingerprint density at radius 2 is 1.90 bits per heavy atom. The molecule has 4 rings (SSSR count). The van der Waals surface area contributed by atoms with Crippen molar-refractivity contribution in [1.82, 2.24) is 20.2 Å². The van der Waals surface area contributed by atoms with Crippen LogP contribution >= 0.6 is 11.6 Å². The zero-order chi connectivity index (χ0) is 20.4. The molecule has 6 heteroatoms. The number of aryl methyl sites for hydroxylation is 2. The third-order valence-corrected chi connectivity index (χ3v) is 6.81. The number of hydrogen-bond acceptors (Lipinski definition) is 4. The highest BCUT2D eigenvalue weighted by molar-refractivity contribution is 6.30. The van der Waals surface area contributed by atoms with Gasteiger partial charge in [0.1, 0.15) is 5.82 Å². The smallest absolute Gasteiger partial charge is 0.254 e. The molecule has 0 bridgehead atoms. The van der Waals surface area contributed by atoms with E-state index in [0.29, 0.717) is 11.4 Å². The van der Waals surface area contributed by atoms with Crippen molar-refractivity contribution in [2.45, 2.75) is 57.4 Å². The molecule has 29 heavy (non-hydrogen) atoms. The van der Waals surface area contributed by atoms with E-state index in [2.05, 4.69) is 32.3 Å². The largest absolute Gasteiger partial charge is 0.349 e. The number of benzene rings is 1. The van der Waals surface area contributed by atoms with Gasteiger partial charge in [0.15, 0.2) is 0 Å². The number of rotatable bonds is 5. The maximum Gasteiger partial charge on any atom is 0.254 e. The van der Waals surface area contributed by atoms with Crippen LogP contribution in [0.3, 0.4) is 0 Å². The van der Waals surface area contributed by atoms with E-state index in [0.717, 1.165) is 43.2 Å². The molecule has 1 saturated carbocycles. The van der Waals surface area contributed by atoms with Crippen molar-refractivity contribution < 1.29 is 4.79 Å². The van der Waals surface area contributed by atoms with Gasteiger partial charge in [0.2, 0.25) is 0 Å². The number of halogens is 1. The van der Waals surface area contributed by atoms with Gasteiger partial charge in [-0.25, -0.2) is 9.97 Å². The highest BCUT2D eigenvalue weighted by Crippen LogP contribution is 2.44. The molecular formula is C23H29ClN4O. The summed E-state index contributed by atoms with van der Waals surface area (Å²) in [4.78, 5) is 23.6. The Labute approximate surface area is 177 Å². The lowest BCUT2D eigenvalue weighted by molar-refractivity contribution is 0.0868. The summed E-state index contributed by atoms with van der Waals surface area (Å²) in [7, 11) is 0. The van der Waals surface area contributed by atoms with Crippen LogP contribution < -0.4 is 5.32 Å². The lowest BCUT2D eigenvalue weighted by Crippen LogP contribution is -2.51. The molecule has 1 aliphatic heterocycles. The van der Waals surface area contributed by atoms with Crippen LogP contribution in [0.1, 0.15) is 59.5 Å². The molecule has 2 aromatic rings. The van der Waals surface area contributed by atoms with Gasteiger partial charge in [-0.3, -0.25) is 4.79 Å². The van der Waals surface area contributed by atoms with Gasteiger partial charge in [-0.2, -0.15) is 0 Å². The fourth-order valence-electron chi connectivity index (χ4n) is 4.68. The van der Waals surface area contributed by atoms with Crippen LogP contribution in [0.25, 0.3) is 0 Å². The number of piperidine rings is 1. The van der Waals surface area contributed by atoms with E-state index in [9.17, 15) is 4.79 Å².